The van der Waals surface area contributed by atoms with Crippen molar-refractivity contribution in [2.45, 2.75) is 12.6 Å². The van der Waals surface area contributed by atoms with Gasteiger partial charge in [-0.3, -0.25) is 14.5 Å². The molecule has 31 heavy (non-hydrogen) atoms. The van der Waals surface area contributed by atoms with E-state index in [4.69, 9.17) is 4.74 Å². The molecule has 0 aromatic heterocycles. The number of anilines is 1. The summed E-state index contributed by atoms with van der Waals surface area (Å²) < 4.78 is 9.53. The van der Waals surface area contributed by atoms with Gasteiger partial charge in [0, 0.05) is 11.3 Å². The number of carbonyl (C=O) groups is 4. The molecule has 0 aliphatic carbocycles. The monoisotopic (exact) mass is 425 g/mol. The Bertz CT molecular complexity index is 1070. The van der Waals surface area contributed by atoms with E-state index in [9.17, 15) is 29.4 Å². The molecule has 9 heteroatoms. The van der Waals surface area contributed by atoms with Crippen molar-refractivity contribution < 1.29 is 38.9 Å². The fraction of sp³-hybridized carbons (Fsp3) is 0.182. The average Bonchev–Trinajstić information content (AvgIpc) is 2.99. The summed E-state index contributed by atoms with van der Waals surface area (Å²) in [5, 5.41) is 21.9. The molecule has 1 amide bonds. The Hall–Kier alpha value is -3.98. The summed E-state index contributed by atoms with van der Waals surface area (Å²) in [6, 6.07) is 12.8. The van der Waals surface area contributed by atoms with E-state index in [1.807, 2.05) is 0 Å². The zero-order chi connectivity index (χ0) is 22.8. The number of benzene rings is 2. The molecule has 1 saturated heterocycles. The van der Waals surface area contributed by atoms with Crippen LogP contribution in [0.15, 0.2) is 60.2 Å². The molecule has 9 nitrogen and oxygen atoms in total. The average molecular weight is 425 g/mol. The van der Waals surface area contributed by atoms with Crippen LogP contribution in [-0.4, -0.2) is 53.3 Å². The topological polar surface area (TPSA) is 130 Å². The first-order chi connectivity index (χ1) is 14.8. The molecule has 1 atom stereocenters. The van der Waals surface area contributed by atoms with E-state index in [0.717, 1.165) is 7.11 Å². The Balaban J connectivity index is 2.17. The molecule has 2 aromatic carbocycles. The molecule has 1 aliphatic heterocycles. The molecule has 2 aromatic rings. The maximum Gasteiger partial charge on any atom is 0.365 e. The first-order valence-corrected chi connectivity index (χ1v) is 9.23. The maximum absolute atomic E-state index is 12.8. The first-order valence-electron chi connectivity index (χ1n) is 9.23. The van der Waals surface area contributed by atoms with Gasteiger partial charge in [0.25, 0.3) is 11.5 Å². The lowest BCUT2D eigenvalue weighted by Gasteiger charge is -2.30. The summed E-state index contributed by atoms with van der Waals surface area (Å²) >= 11 is 0. The normalized spacial score (nSPS) is 19.9. The summed E-state index contributed by atoms with van der Waals surface area (Å²) in [6.45, 7) is 1.80. The van der Waals surface area contributed by atoms with Crippen molar-refractivity contribution in [2.24, 2.45) is 0 Å². The van der Waals surface area contributed by atoms with Crippen molar-refractivity contribution in [2.75, 3.05) is 18.6 Å². The molecule has 0 bridgehead atoms. The summed E-state index contributed by atoms with van der Waals surface area (Å²) in [5.41, 5.74) is -3.55. The summed E-state index contributed by atoms with van der Waals surface area (Å²) in [7, 11) is 0.965. The standard InChI is InChI=1S/C22H19NO8/c1-3-31-20(27)14-9-11-15(12-10-14)23-19(26)18(25)16(22(23,29)21(28)30-2)17(24)13-7-5-4-6-8-13/h4-12,24,29H,3H2,1-2H3. The third kappa shape index (κ3) is 3.55. The van der Waals surface area contributed by atoms with Gasteiger partial charge in [-0.1, -0.05) is 30.3 Å². The van der Waals surface area contributed by atoms with Gasteiger partial charge in [-0.15, -0.1) is 0 Å². The zero-order valence-electron chi connectivity index (χ0n) is 16.7. The van der Waals surface area contributed by atoms with Crippen molar-refractivity contribution >= 4 is 35.1 Å². The Morgan fingerprint density at radius 2 is 1.61 bits per heavy atom. The van der Waals surface area contributed by atoms with Crippen molar-refractivity contribution in [3.63, 3.8) is 0 Å². The summed E-state index contributed by atoms with van der Waals surface area (Å²) in [6.07, 6.45) is 0. The SMILES string of the molecule is CCOC(=O)c1ccc(N2C(=O)C(=O)C(=C(O)c3ccccc3)C2(O)C(=O)OC)cc1. The quantitative estimate of drug-likeness (QED) is 0.320. The van der Waals surface area contributed by atoms with E-state index >= 15 is 0 Å². The van der Waals surface area contributed by atoms with E-state index in [0.29, 0.717) is 4.90 Å². The molecule has 3 rings (SSSR count). The van der Waals surface area contributed by atoms with Gasteiger partial charge >= 0.3 is 17.8 Å². The van der Waals surface area contributed by atoms with Crippen molar-refractivity contribution in [3.05, 3.63) is 71.3 Å². The number of Topliss-reactive ketones (excluding diaryl/α,β-unsaturated/α-hetero) is 1. The fourth-order valence-corrected chi connectivity index (χ4v) is 3.24. The van der Waals surface area contributed by atoms with Gasteiger partial charge < -0.3 is 19.7 Å². The van der Waals surface area contributed by atoms with Crippen LogP contribution in [0.1, 0.15) is 22.8 Å². The third-order valence-electron chi connectivity index (χ3n) is 4.69. The number of methoxy groups -OCH3 is 1. The minimum atomic E-state index is -2.92. The Kier molecular flexibility index (Phi) is 5.89. The number of ketones is 1. The molecule has 2 N–H and O–H groups in total. The smallest absolute Gasteiger partial charge is 0.365 e. The number of esters is 2. The van der Waals surface area contributed by atoms with E-state index in [2.05, 4.69) is 4.74 Å². The molecule has 0 radical (unpaired) electrons. The Morgan fingerprint density at radius 1 is 1.00 bits per heavy atom. The van der Waals surface area contributed by atoms with Crippen LogP contribution >= 0.6 is 0 Å². The first kappa shape index (κ1) is 21.7. The van der Waals surface area contributed by atoms with Crippen LogP contribution in [0.2, 0.25) is 0 Å². The van der Waals surface area contributed by atoms with Crippen LogP contribution in [0.3, 0.4) is 0 Å². The van der Waals surface area contributed by atoms with Gasteiger partial charge in [-0.2, -0.15) is 0 Å². The lowest BCUT2D eigenvalue weighted by Crippen LogP contribution is -2.54. The Labute approximate surface area is 177 Å². The van der Waals surface area contributed by atoms with Gasteiger partial charge in [0.2, 0.25) is 0 Å². The minimum Gasteiger partial charge on any atom is -0.507 e. The van der Waals surface area contributed by atoms with E-state index < -0.39 is 40.7 Å². The molecule has 1 heterocycles. The fourth-order valence-electron chi connectivity index (χ4n) is 3.24. The second-order valence-electron chi connectivity index (χ2n) is 6.49. The Morgan fingerprint density at radius 3 is 2.16 bits per heavy atom. The maximum atomic E-state index is 12.8. The van der Waals surface area contributed by atoms with E-state index in [-0.39, 0.29) is 23.4 Å². The number of amides is 1. The lowest BCUT2D eigenvalue weighted by molar-refractivity contribution is -0.158. The van der Waals surface area contributed by atoms with Gasteiger partial charge in [-0.05, 0) is 31.2 Å². The highest BCUT2D eigenvalue weighted by Crippen LogP contribution is 2.39. The van der Waals surface area contributed by atoms with Crippen LogP contribution in [0.4, 0.5) is 5.69 Å². The number of hydrogen-bond donors (Lipinski definition) is 2. The number of hydrogen-bond acceptors (Lipinski definition) is 8. The summed E-state index contributed by atoms with van der Waals surface area (Å²) in [5.74, 6) is -5.22. The largest absolute Gasteiger partial charge is 0.507 e. The number of carbonyl (C=O) groups excluding carboxylic acids is 4. The zero-order valence-corrected chi connectivity index (χ0v) is 16.7. The number of ether oxygens (including phenoxy) is 2. The highest BCUT2D eigenvalue weighted by atomic mass is 16.5. The number of aliphatic hydroxyl groups excluding tert-OH is 1. The molecule has 0 saturated carbocycles. The van der Waals surface area contributed by atoms with Gasteiger partial charge in [0.15, 0.2) is 0 Å². The van der Waals surface area contributed by atoms with Gasteiger partial charge in [-0.25, -0.2) is 9.59 Å². The molecular formula is C22H19NO8. The number of aliphatic hydroxyl groups is 2. The van der Waals surface area contributed by atoms with E-state index in [1.54, 1.807) is 25.1 Å². The molecule has 1 aliphatic rings. The third-order valence-corrected chi connectivity index (χ3v) is 4.69. The van der Waals surface area contributed by atoms with Crippen LogP contribution < -0.4 is 4.90 Å². The van der Waals surface area contributed by atoms with Gasteiger partial charge in [0.1, 0.15) is 11.3 Å². The van der Waals surface area contributed by atoms with Crippen LogP contribution in [0.5, 0.6) is 0 Å². The molecule has 0 spiro atoms. The second-order valence-corrected chi connectivity index (χ2v) is 6.49. The summed E-state index contributed by atoms with van der Waals surface area (Å²) in [4.78, 5) is 50.5. The van der Waals surface area contributed by atoms with Crippen molar-refractivity contribution in [1.29, 1.82) is 0 Å². The predicted molar refractivity (Wildman–Crippen MR) is 108 cm³/mol. The van der Waals surface area contributed by atoms with Crippen LogP contribution in [-0.2, 0) is 23.9 Å². The molecular weight excluding hydrogens is 406 g/mol. The highest BCUT2D eigenvalue weighted by molar-refractivity contribution is 6.54. The highest BCUT2D eigenvalue weighted by Gasteiger charge is 2.62. The van der Waals surface area contributed by atoms with Crippen LogP contribution in [0, 0.1) is 0 Å². The predicted octanol–water partition coefficient (Wildman–Crippen LogP) is 1.61. The van der Waals surface area contributed by atoms with Crippen LogP contribution in [0.25, 0.3) is 5.76 Å². The number of rotatable bonds is 5. The van der Waals surface area contributed by atoms with E-state index in [1.165, 1.54) is 36.4 Å². The molecule has 1 fully saturated rings. The number of nitrogens with zero attached hydrogens (tertiary/aromatic N) is 1. The molecule has 1 unspecified atom stereocenters. The molecule has 160 valence electrons. The van der Waals surface area contributed by atoms with Crippen molar-refractivity contribution in [1.82, 2.24) is 0 Å². The minimum absolute atomic E-state index is 0.0739. The second kappa shape index (κ2) is 8.41. The van der Waals surface area contributed by atoms with Gasteiger partial charge in [0.05, 0.1) is 19.3 Å². The van der Waals surface area contributed by atoms with Crippen molar-refractivity contribution in [3.8, 4) is 0 Å². The lowest BCUT2D eigenvalue weighted by atomic mass is 9.97.